The fourth-order valence-electron chi connectivity index (χ4n) is 0.499. The van der Waals surface area contributed by atoms with Crippen LogP contribution in [0.3, 0.4) is 0 Å². The molecule has 0 aliphatic carbocycles. The maximum atomic E-state index is 12.0. The van der Waals surface area contributed by atoms with Crippen molar-refractivity contribution in [1.29, 1.82) is 0 Å². The van der Waals surface area contributed by atoms with E-state index < -0.39 is 16.8 Å². The van der Waals surface area contributed by atoms with Crippen LogP contribution in [0.2, 0.25) is 0 Å². The lowest BCUT2D eigenvalue weighted by Crippen LogP contribution is -2.13. The molecule has 0 bridgehead atoms. The minimum absolute atomic E-state index is 0.218. The average molecular weight is 198 g/mol. The molecule has 0 saturated carbocycles. The molecule has 1 nitrogen and oxygen atoms in total. The van der Waals surface area contributed by atoms with Crippen LogP contribution in [-0.4, -0.2) is 6.18 Å². The molecule has 0 rings (SSSR count). The molecular formula is C7H7ClF3N. The number of alkyl halides is 3. The zero-order chi connectivity index (χ0) is 9.94. The smallest absolute Gasteiger partial charge is 0.399 e. The molecule has 0 amide bonds. The van der Waals surface area contributed by atoms with Gasteiger partial charge in [-0.05, 0) is 6.08 Å². The third-order valence-corrected chi connectivity index (χ3v) is 1.13. The van der Waals surface area contributed by atoms with Gasteiger partial charge in [0, 0.05) is 10.7 Å². The average Bonchev–Trinajstić information content (AvgIpc) is 1.79. The molecule has 0 atom stereocenters. The first-order chi connectivity index (χ1) is 5.25. The van der Waals surface area contributed by atoms with Gasteiger partial charge in [0.1, 0.15) is 0 Å². The normalized spacial score (nSPS) is 12.8. The number of rotatable bonds is 2. The first-order valence-corrected chi connectivity index (χ1v) is 3.21. The zero-order valence-corrected chi connectivity index (χ0v) is 6.84. The second-order valence-electron chi connectivity index (χ2n) is 2.04. The molecule has 0 radical (unpaired) electrons. The molecule has 0 aromatic rings. The van der Waals surface area contributed by atoms with Crippen molar-refractivity contribution in [1.82, 2.24) is 0 Å². The van der Waals surface area contributed by atoms with Crippen LogP contribution in [0, 0.1) is 0 Å². The van der Waals surface area contributed by atoms with Gasteiger partial charge in [0.15, 0.2) is 0 Å². The van der Waals surface area contributed by atoms with Crippen molar-refractivity contribution in [2.24, 2.45) is 5.73 Å². The van der Waals surface area contributed by atoms with Crippen molar-refractivity contribution in [3.8, 4) is 0 Å². The van der Waals surface area contributed by atoms with E-state index in [0.717, 1.165) is 0 Å². The fourth-order valence-corrected chi connectivity index (χ4v) is 0.661. The summed E-state index contributed by atoms with van der Waals surface area (Å²) in [5.74, 6) is 0. The highest BCUT2D eigenvalue weighted by Gasteiger charge is 2.34. The molecule has 0 aromatic heterocycles. The molecule has 2 N–H and O–H groups in total. The number of hydrogen-bond donors (Lipinski definition) is 1. The van der Waals surface area contributed by atoms with Gasteiger partial charge in [0.25, 0.3) is 0 Å². The summed E-state index contributed by atoms with van der Waals surface area (Å²) < 4.78 is 36.1. The van der Waals surface area contributed by atoms with E-state index in [4.69, 9.17) is 17.3 Å². The second-order valence-corrected chi connectivity index (χ2v) is 2.49. The molecule has 0 fully saturated rings. The molecule has 0 saturated heterocycles. The standard InChI is InChI=1S/C7H7ClF3N/c1-4(12)3-6(5(2)8)7(9,10)11/h3H,1-2,12H2/b6-3+. The summed E-state index contributed by atoms with van der Waals surface area (Å²) in [6, 6.07) is 0. The molecule has 5 heteroatoms. The highest BCUT2D eigenvalue weighted by atomic mass is 35.5. The summed E-state index contributed by atoms with van der Waals surface area (Å²) in [5, 5.41) is -0.603. The maximum Gasteiger partial charge on any atom is 0.417 e. The first-order valence-electron chi connectivity index (χ1n) is 2.83. The second kappa shape index (κ2) is 3.67. The maximum absolute atomic E-state index is 12.0. The molecule has 68 valence electrons. The van der Waals surface area contributed by atoms with Gasteiger partial charge in [0.2, 0.25) is 0 Å². The molecule has 12 heavy (non-hydrogen) atoms. The van der Waals surface area contributed by atoms with Gasteiger partial charge in [-0.15, -0.1) is 0 Å². The van der Waals surface area contributed by atoms with Gasteiger partial charge >= 0.3 is 6.18 Å². The lowest BCUT2D eigenvalue weighted by molar-refractivity contribution is -0.0886. The van der Waals surface area contributed by atoms with Crippen molar-refractivity contribution in [2.45, 2.75) is 6.18 Å². The Kier molecular flexibility index (Phi) is 3.39. The highest BCUT2D eigenvalue weighted by molar-refractivity contribution is 6.31. The van der Waals surface area contributed by atoms with E-state index in [1.165, 1.54) is 0 Å². The van der Waals surface area contributed by atoms with Crippen molar-refractivity contribution >= 4 is 11.6 Å². The van der Waals surface area contributed by atoms with Crippen LogP contribution in [0.25, 0.3) is 0 Å². The number of halogens is 4. The summed E-state index contributed by atoms with van der Waals surface area (Å²) in [4.78, 5) is 0. The van der Waals surface area contributed by atoms with Crippen molar-refractivity contribution in [3.05, 3.63) is 35.5 Å². The molecule has 0 spiro atoms. The van der Waals surface area contributed by atoms with Gasteiger partial charge in [-0.1, -0.05) is 24.8 Å². The Morgan fingerprint density at radius 1 is 1.33 bits per heavy atom. The third kappa shape index (κ3) is 3.48. The summed E-state index contributed by atoms with van der Waals surface area (Å²) in [6.07, 6.45) is -3.91. The topological polar surface area (TPSA) is 26.0 Å². The Morgan fingerprint density at radius 3 is 1.83 bits per heavy atom. The van der Waals surface area contributed by atoms with Gasteiger partial charge in [0.05, 0.1) is 5.57 Å². The Hall–Kier alpha value is -0.900. The fraction of sp³-hybridized carbons (Fsp3) is 0.143. The monoisotopic (exact) mass is 197 g/mol. The Balaban J connectivity index is 4.94. The van der Waals surface area contributed by atoms with E-state index >= 15 is 0 Å². The van der Waals surface area contributed by atoms with Crippen LogP contribution in [0.5, 0.6) is 0 Å². The van der Waals surface area contributed by atoms with Crippen molar-refractivity contribution < 1.29 is 13.2 Å². The first kappa shape index (κ1) is 11.1. The lowest BCUT2D eigenvalue weighted by atomic mass is 10.2. The number of nitrogens with two attached hydrogens (primary N) is 1. The van der Waals surface area contributed by atoms with Crippen LogP contribution in [-0.2, 0) is 0 Å². The largest absolute Gasteiger partial charge is 0.417 e. The van der Waals surface area contributed by atoms with Gasteiger partial charge < -0.3 is 5.73 Å². The molecule has 0 aliphatic heterocycles. The van der Waals surface area contributed by atoms with E-state index in [1.54, 1.807) is 0 Å². The Bertz CT molecular complexity index is 240. The van der Waals surface area contributed by atoms with E-state index in [1.807, 2.05) is 0 Å². The predicted molar refractivity (Wildman–Crippen MR) is 42.5 cm³/mol. The van der Waals surface area contributed by atoms with Crippen LogP contribution >= 0.6 is 11.6 Å². The zero-order valence-electron chi connectivity index (χ0n) is 6.08. The van der Waals surface area contributed by atoms with Crippen molar-refractivity contribution in [3.63, 3.8) is 0 Å². The van der Waals surface area contributed by atoms with Gasteiger partial charge in [-0.2, -0.15) is 13.2 Å². The molecule has 0 heterocycles. The molecule has 0 aromatic carbocycles. The molecular weight excluding hydrogens is 191 g/mol. The Labute approximate surface area is 73.0 Å². The van der Waals surface area contributed by atoms with Gasteiger partial charge in [-0.25, -0.2) is 0 Å². The van der Waals surface area contributed by atoms with Crippen LogP contribution in [0.1, 0.15) is 0 Å². The van der Waals surface area contributed by atoms with E-state index in [-0.39, 0.29) is 5.70 Å². The van der Waals surface area contributed by atoms with Gasteiger partial charge in [-0.3, -0.25) is 0 Å². The summed E-state index contributed by atoms with van der Waals surface area (Å²) in [6.45, 7) is 6.05. The number of hydrogen-bond acceptors (Lipinski definition) is 1. The lowest BCUT2D eigenvalue weighted by Gasteiger charge is -2.09. The number of allylic oxidation sites excluding steroid dienone is 3. The predicted octanol–water partition coefficient (Wildman–Crippen LogP) is 2.70. The SMILES string of the molecule is C=C(N)/C=C(\C(=C)Cl)C(F)(F)F. The Morgan fingerprint density at radius 2 is 1.75 bits per heavy atom. The van der Waals surface area contributed by atoms with E-state index in [9.17, 15) is 13.2 Å². The quantitative estimate of drug-likeness (QED) is 0.677. The molecule has 0 aliphatic rings. The van der Waals surface area contributed by atoms with Crippen LogP contribution in [0.4, 0.5) is 13.2 Å². The highest BCUT2D eigenvalue weighted by Crippen LogP contribution is 2.32. The summed E-state index contributed by atoms with van der Waals surface area (Å²) in [7, 11) is 0. The third-order valence-electron chi connectivity index (χ3n) is 0.927. The van der Waals surface area contributed by atoms with E-state index in [0.29, 0.717) is 6.08 Å². The van der Waals surface area contributed by atoms with Crippen molar-refractivity contribution in [2.75, 3.05) is 0 Å². The summed E-state index contributed by atoms with van der Waals surface area (Å²) >= 11 is 5.09. The van der Waals surface area contributed by atoms with E-state index in [2.05, 4.69) is 13.2 Å². The van der Waals surface area contributed by atoms with Crippen LogP contribution in [0.15, 0.2) is 35.5 Å². The molecule has 0 unspecified atom stereocenters. The van der Waals surface area contributed by atoms with Crippen LogP contribution < -0.4 is 5.73 Å². The minimum atomic E-state index is -4.54. The summed E-state index contributed by atoms with van der Waals surface area (Å²) in [5.41, 5.74) is 3.67. The minimum Gasteiger partial charge on any atom is -0.399 e.